The van der Waals surface area contributed by atoms with E-state index in [0.29, 0.717) is 11.2 Å². The molecule has 0 bridgehead atoms. The van der Waals surface area contributed by atoms with E-state index in [1.165, 1.54) is 11.7 Å². The lowest BCUT2D eigenvalue weighted by molar-refractivity contribution is 0.171. The molecule has 24 heavy (non-hydrogen) atoms. The summed E-state index contributed by atoms with van der Waals surface area (Å²) >= 11 is 0. The zero-order valence-electron chi connectivity index (χ0n) is 12.9. The van der Waals surface area contributed by atoms with Crippen LogP contribution in [0.5, 0.6) is 5.75 Å². The molecule has 0 aliphatic heterocycles. The van der Waals surface area contributed by atoms with Gasteiger partial charge in [-0.05, 0) is 12.1 Å². The van der Waals surface area contributed by atoms with E-state index < -0.39 is 11.5 Å². The van der Waals surface area contributed by atoms with Gasteiger partial charge >= 0.3 is 6.09 Å². The van der Waals surface area contributed by atoms with E-state index in [1.54, 1.807) is 12.1 Å². The third-order valence-electron chi connectivity index (χ3n) is 3.53. The van der Waals surface area contributed by atoms with E-state index in [1.807, 2.05) is 18.2 Å². The maximum atomic E-state index is 12.0. The van der Waals surface area contributed by atoms with E-state index >= 15 is 0 Å². The van der Waals surface area contributed by atoms with Crippen molar-refractivity contribution in [1.29, 1.82) is 0 Å². The van der Waals surface area contributed by atoms with Gasteiger partial charge in [0, 0.05) is 11.5 Å². The molecule has 7 heteroatoms. The predicted molar refractivity (Wildman–Crippen MR) is 85.0 cm³/mol. The number of ether oxygens (including phenoxy) is 2. The standard InChI is InChI=1S/C17H15NO6/c1-22-17(21)18-12(6-11-4-2-3-5-14(11)18)9-24-16-10-23-13(8-19)7-15(16)20/h2-7,10,19H,8-9H2,1H3. The van der Waals surface area contributed by atoms with E-state index in [0.717, 1.165) is 17.7 Å². The summed E-state index contributed by atoms with van der Waals surface area (Å²) in [6, 6.07) is 10.3. The van der Waals surface area contributed by atoms with Crippen molar-refractivity contribution < 1.29 is 23.8 Å². The summed E-state index contributed by atoms with van der Waals surface area (Å²) in [6.07, 6.45) is 0.594. The highest BCUT2D eigenvalue weighted by molar-refractivity contribution is 5.90. The second-order valence-corrected chi connectivity index (χ2v) is 5.02. The number of carbonyl (C=O) groups excluding carboxylic acids is 1. The third kappa shape index (κ3) is 2.89. The highest BCUT2D eigenvalue weighted by Gasteiger charge is 2.16. The van der Waals surface area contributed by atoms with Crippen LogP contribution in [0.4, 0.5) is 4.79 Å². The topological polar surface area (TPSA) is 90.9 Å². The molecule has 0 saturated carbocycles. The van der Waals surface area contributed by atoms with Crippen molar-refractivity contribution in [3.63, 3.8) is 0 Å². The number of para-hydroxylation sites is 1. The lowest BCUT2D eigenvalue weighted by Crippen LogP contribution is -2.16. The number of aliphatic hydroxyl groups is 1. The van der Waals surface area contributed by atoms with Crippen molar-refractivity contribution in [2.24, 2.45) is 0 Å². The molecule has 124 valence electrons. The number of aromatic nitrogens is 1. The van der Waals surface area contributed by atoms with Gasteiger partial charge in [-0.25, -0.2) is 9.36 Å². The minimum absolute atomic E-state index is 0.00567. The number of hydrogen-bond acceptors (Lipinski definition) is 6. The lowest BCUT2D eigenvalue weighted by atomic mass is 10.2. The number of hydrogen-bond donors (Lipinski definition) is 1. The van der Waals surface area contributed by atoms with Gasteiger partial charge in [0.1, 0.15) is 25.2 Å². The maximum Gasteiger partial charge on any atom is 0.418 e. The van der Waals surface area contributed by atoms with Crippen LogP contribution in [0.25, 0.3) is 10.9 Å². The molecule has 1 aromatic carbocycles. The Morgan fingerprint density at radius 1 is 1.29 bits per heavy atom. The first-order valence-corrected chi connectivity index (χ1v) is 7.17. The fraction of sp³-hybridized carbons (Fsp3) is 0.176. The van der Waals surface area contributed by atoms with Crippen molar-refractivity contribution in [3.05, 3.63) is 64.3 Å². The van der Waals surface area contributed by atoms with Crippen LogP contribution < -0.4 is 10.2 Å². The molecule has 0 atom stereocenters. The molecular weight excluding hydrogens is 314 g/mol. The van der Waals surface area contributed by atoms with Crippen LogP contribution in [0.3, 0.4) is 0 Å². The molecule has 2 heterocycles. The molecule has 2 aromatic heterocycles. The molecule has 1 N–H and O–H groups in total. The van der Waals surface area contributed by atoms with Crippen molar-refractivity contribution in [2.45, 2.75) is 13.2 Å². The Hall–Kier alpha value is -3.06. The molecule has 0 saturated heterocycles. The summed E-state index contributed by atoms with van der Waals surface area (Å²) in [4.78, 5) is 23.9. The highest BCUT2D eigenvalue weighted by Crippen LogP contribution is 2.21. The van der Waals surface area contributed by atoms with Gasteiger partial charge in [0.25, 0.3) is 0 Å². The fourth-order valence-electron chi connectivity index (χ4n) is 2.40. The summed E-state index contributed by atoms with van der Waals surface area (Å²) in [5.74, 6) is 0.143. The van der Waals surface area contributed by atoms with Crippen LogP contribution in [-0.4, -0.2) is 22.9 Å². The van der Waals surface area contributed by atoms with Gasteiger partial charge in [0.2, 0.25) is 11.2 Å². The summed E-state index contributed by atoms with van der Waals surface area (Å²) in [6.45, 7) is -0.390. The number of methoxy groups -OCH3 is 1. The van der Waals surface area contributed by atoms with Crippen molar-refractivity contribution in [3.8, 4) is 5.75 Å². The lowest BCUT2D eigenvalue weighted by Gasteiger charge is -2.09. The van der Waals surface area contributed by atoms with Crippen LogP contribution in [0, 0.1) is 0 Å². The first-order chi connectivity index (χ1) is 11.6. The molecule has 0 aliphatic rings. The number of carbonyl (C=O) groups is 1. The molecule has 0 fully saturated rings. The van der Waals surface area contributed by atoms with Gasteiger partial charge in [0.05, 0.1) is 18.3 Å². The number of aliphatic hydroxyl groups excluding tert-OH is 1. The summed E-state index contributed by atoms with van der Waals surface area (Å²) in [5, 5.41) is 9.79. The number of benzene rings is 1. The number of nitrogens with zero attached hydrogens (tertiary/aromatic N) is 1. The molecule has 3 aromatic rings. The Kier molecular flexibility index (Phi) is 4.35. The van der Waals surface area contributed by atoms with Crippen LogP contribution >= 0.6 is 0 Å². The van der Waals surface area contributed by atoms with Crippen LogP contribution in [0.2, 0.25) is 0 Å². The molecule has 3 rings (SSSR count). The molecule has 0 unspecified atom stereocenters. The molecular formula is C17H15NO6. The van der Waals surface area contributed by atoms with Crippen LogP contribution in [0.15, 0.2) is 51.9 Å². The second-order valence-electron chi connectivity index (χ2n) is 5.02. The number of fused-ring (bicyclic) bond motifs is 1. The molecule has 0 amide bonds. The quantitative estimate of drug-likeness (QED) is 0.789. The first-order valence-electron chi connectivity index (χ1n) is 7.17. The summed E-state index contributed by atoms with van der Waals surface area (Å²) in [5.41, 5.74) is 0.810. The van der Waals surface area contributed by atoms with Crippen molar-refractivity contribution >= 4 is 17.0 Å². The van der Waals surface area contributed by atoms with Gasteiger partial charge in [0.15, 0.2) is 0 Å². The average Bonchev–Trinajstić information content (AvgIpc) is 2.98. The fourth-order valence-corrected chi connectivity index (χ4v) is 2.40. The minimum Gasteiger partial charge on any atom is -0.480 e. The van der Waals surface area contributed by atoms with Crippen molar-refractivity contribution in [1.82, 2.24) is 4.57 Å². The Morgan fingerprint density at radius 3 is 2.79 bits per heavy atom. The predicted octanol–water partition coefficient (Wildman–Crippen LogP) is 2.28. The van der Waals surface area contributed by atoms with Gasteiger partial charge in [-0.15, -0.1) is 0 Å². The zero-order chi connectivity index (χ0) is 17.1. The van der Waals surface area contributed by atoms with Gasteiger partial charge < -0.3 is 19.0 Å². The average molecular weight is 329 g/mol. The number of rotatable bonds is 4. The van der Waals surface area contributed by atoms with E-state index in [4.69, 9.17) is 19.0 Å². The van der Waals surface area contributed by atoms with Gasteiger partial charge in [-0.2, -0.15) is 0 Å². The normalized spacial score (nSPS) is 10.8. The molecule has 0 radical (unpaired) electrons. The Morgan fingerprint density at radius 2 is 2.08 bits per heavy atom. The van der Waals surface area contributed by atoms with E-state index in [-0.39, 0.29) is 24.7 Å². The van der Waals surface area contributed by atoms with Crippen molar-refractivity contribution in [2.75, 3.05) is 7.11 Å². The first kappa shape index (κ1) is 15.8. The molecule has 0 aliphatic carbocycles. The maximum absolute atomic E-state index is 12.0. The largest absolute Gasteiger partial charge is 0.480 e. The van der Waals surface area contributed by atoms with E-state index in [9.17, 15) is 9.59 Å². The molecule has 0 spiro atoms. The molecule has 7 nitrogen and oxygen atoms in total. The van der Waals surface area contributed by atoms with Gasteiger partial charge in [-0.1, -0.05) is 18.2 Å². The van der Waals surface area contributed by atoms with E-state index in [2.05, 4.69) is 0 Å². The summed E-state index contributed by atoms with van der Waals surface area (Å²) < 4.78 is 16.7. The SMILES string of the molecule is COC(=O)n1c(COc2coc(CO)cc2=O)cc2ccccc21. The Balaban J connectivity index is 1.93. The second kappa shape index (κ2) is 6.59. The van der Waals surface area contributed by atoms with Crippen LogP contribution in [0.1, 0.15) is 11.5 Å². The zero-order valence-corrected chi connectivity index (χ0v) is 12.9. The minimum atomic E-state index is -0.544. The smallest absolute Gasteiger partial charge is 0.418 e. The van der Waals surface area contributed by atoms with Gasteiger partial charge in [-0.3, -0.25) is 4.79 Å². The highest BCUT2D eigenvalue weighted by atomic mass is 16.5. The Bertz CT molecular complexity index is 940. The van der Waals surface area contributed by atoms with Crippen LogP contribution in [-0.2, 0) is 18.0 Å². The Labute approximate surface area is 136 Å². The monoisotopic (exact) mass is 329 g/mol. The summed E-state index contributed by atoms with van der Waals surface area (Å²) in [7, 11) is 1.30. The third-order valence-corrected chi connectivity index (χ3v) is 3.53.